The molecule has 0 atom stereocenters. The third kappa shape index (κ3) is 2.32. The molecule has 0 unspecified atom stereocenters. The van der Waals surface area contributed by atoms with Crippen molar-refractivity contribution in [2.45, 2.75) is 38.9 Å². The third-order valence-corrected chi connectivity index (χ3v) is 4.30. The second kappa shape index (κ2) is 5.15. The molecule has 0 radical (unpaired) electrons. The molecule has 1 aromatic carbocycles. The van der Waals surface area contributed by atoms with Crippen LogP contribution in [0.15, 0.2) is 29.8 Å². The molecule has 1 saturated heterocycles. The van der Waals surface area contributed by atoms with Gasteiger partial charge in [0.05, 0.1) is 13.2 Å². The maximum atomic E-state index is 11.8. The fraction of sp³-hybridized carbons (Fsp3) is 0.471. The van der Waals surface area contributed by atoms with Crippen molar-refractivity contribution in [3.63, 3.8) is 0 Å². The fourth-order valence-electron chi connectivity index (χ4n) is 2.99. The van der Waals surface area contributed by atoms with Crippen molar-refractivity contribution in [1.82, 2.24) is 0 Å². The lowest BCUT2D eigenvalue weighted by Crippen LogP contribution is -2.22. The number of allylic oxidation sites excluding steroid dienone is 2. The van der Waals surface area contributed by atoms with Crippen molar-refractivity contribution in [2.75, 3.05) is 13.2 Å². The highest BCUT2D eigenvalue weighted by atomic mass is 16.7. The largest absolute Gasteiger partial charge is 0.344 e. The molecule has 1 aliphatic heterocycles. The summed E-state index contributed by atoms with van der Waals surface area (Å²) in [6.07, 6.45) is 2.63. The Balaban J connectivity index is 1.90. The van der Waals surface area contributed by atoms with E-state index in [0.29, 0.717) is 19.6 Å². The molecule has 1 aromatic rings. The lowest BCUT2D eigenvalue weighted by atomic mass is 9.87. The molecule has 1 heterocycles. The van der Waals surface area contributed by atoms with E-state index >= 15 is 0 Å². The van der Waals surface area contributed by atoms with Crippen LogP contribution in [0.5, 0.6) is 0 Å². The SMILES string of the molecule is CC1=C(c2ccc(C3(C)OCCO3)cc2)CCCC1=O. The Morgan fingerprint density at radius 1 is 1.05 bits per heavy atom. The molecular weight excluding hydrogens is 252 g/mol. The van der Waals surface area contributed by atoms with Gasteiger partial charge in [0.2, 0.25) is 0 Å². The van der Waals surface area contributed by atoms with Crippen LogP contribution in [0.25, 0.3) is 5.57 Å². The van der Waals surface area contributed by atoms with E-state index < -0.39 is 5.79 Å². The summed E-state index contributed by atoms with van der Waals surface area (Å²) in [5.41, 5.74) is 4.27. The highest BCUT2D eigenvalue weighted by Crippen LogP contribution is 2.34. The fourth-order valence-corrected chi connectivity index (χ4v) is 2.99. The Hall–Kier alpha value is -1.45. The van der Waals surface area contributed by atoms with Crippen LogP contribution in [0.1, 0.15) is 44.2 Å². The summed E-state index contributed by atoms with van der Waals surface area (Å²) in [4.78, 5) is 11.8. The summed E-state index contributed by atoms with van der Waals surface area (Å²) in [5, 5.41) is 0. The molecule has 0 spiro atoms. The Morgan fingerprint density at radius 2 is 1.70 bits per heavy atom. The van der Waals surface area contributed by atoms with Crippen molar-refractivity contribution in [1.29, 1.82) is 0 Å². The van der Waals surface area contributed by atoms with Crippen LogP contribution in [-0.2, 0) is 20.1 Å². The van der Waals surface area contributed by atoms with Crippen LogP contribution in [-0.4, -0.2) is 19.0 Å². The summed E-state index contributed by atoms with van der Waals surface area (Å²) in [6, 6.07) is 8.23. The summed E-state index contributed by atoms with van der Waals surface area (Å²) >= 11 is 0. The van der Waals surface area contributed by atoms with Crippen LogP contribution in [0.3, 0.4) is 0 Å². The molecule has 0 aromatic heterocycles. The Morgan fingerprint density at radius 3 is 2.35 bits per heavy atom. The average molecular weight is 272 g/mol. The van der Waals surface area contributed by atoms with E-state index in [-0.39, 0.29) is 5.78 Å². The number of ether oxygens (including phenoxy) is 2. The number of ketones is 1. The molecule has 3 rings (SSSR count). The first-order chi connectivity index (χ1) is 9.60. The van der Waals surface area contributed by atoms with E-state index in [0.717, 1.165) is 29.5 Å². The predicted molar refractivity (Wildman–Crippen MR) is 77.2 cm³/mol. The van der Waals surface area contributed by atoms with Crippen molar-refractivity contribution >= 4 is 11.4 Å². The zero-order chi connectivity index (χ0) is 14.2. The van der Waals surface area contributed by atoms with Gasteiger partial charge < -0.3 is 9.47 Å². The topological polar surface area (TPSA) is 35.5 Å². The number of carbonyl (C=O) groups is 1. The lowest BCUT2D eigenvalue weighted by molar-refractivity contribution is -0.149. The first-order valence-corrected chi connectivity index (χ1v) is 7.22. The van der Waals surface area contributed by atoms with Gasteiger partial charge in [0, 0.05) is 12.0 Å². The summed E-state index contributed by atoms with van der Waals surface area (Å²) in [7, 11) is 0. The first kappa shape index (κ1) is 13.5. The first-order valence-electron chi connectivity index (χ1n) is 7.22. The smallest absolute Gasteiger partial charge is 0.192 e. The quantitative estimate of drug-likeness (QED) is 0.827. The summed E-state index contributed by atoms with van der Waals surface area (Å²) in [5.74, 6) is -0.339. The number of rotatable bonds is 2. The van der Waals surface area contributed by atoms with Gasteiger partial charge in [0.15, 0.2) is 11.6 Å². The van der Waals surface area contributed by atoms with Gasteiger partial charge >= 0.3 is 0 Å². The number of Topliss-reactive ketones (excluding diaryl/α,β-unsaturated/α-hetero) is 1. The second-order valence-corrected chi connectivity index (χ2v) is 5.60. The van der Waals surface area contributed by atoms with Gasteiger partial charge in [0.25, 0.3) is 0 Å². The van der Waals surface area contributed by atoms with Gasteiger partial charge in [-0.05, 0) is 43.4 Å². The molecule has 1 aliphatic carbocycles. The van der Waals surface area contributed by atoms with E-state index in [2.05, 4.69) is 12.1 Å². The minimum absolute atomic E-state index is 0.282. The Bertz CT molecular complexity index is 548. The van der Waals surface area contributed by atoms with E-state index in [1.165, 1.54) is 5.57 Å². The minimum Gasteiger partial charge on any atom is -0.344 e. The molecule has 3 nitrogen and oxygen atoms in total. The van der Waals surface area contributed by atoms with Gasteiger partial charge in [-0.1, -0.05) is 24.3 Å². The van der Waals surface area contributed by atoms with Crippen molar-refractivity contribution in [3.05, 3.63) is 41.0 Å². The van der Waals surface area contributed by atoms with Gasteiger partial charge in [-0.25, -0.2) is 0 Å². The highest BCUT2D eigenvalue weighted by Gasteiger charge is 2.33. The standard InChI is InChI=1S/C17H20O3/c1-12-15(4-3-5-16(12)18)13-6-8-14(9-7-13)17(2)19-10-11-20-17/h6-9H,3-5,10-11H2,1-2H3. The maximum Gasteiger partial charge on any atom is 0.192 e. The van der Waals surface area contributed by atoms with Crippen LogP contribution >= 0.6 is 0 Å². The summed E-state index contributed by atoms with van der Waals surface area (Å²) in [6.45, 7) is 5.16. The van der Waals surface area contributed by atoms with E-state index in [9.17, 15) is 4.79 Å². The molecule has 1 fully saturated rings. The average Bonchev–Trinajstić information content (AvgIpc) is 2.90. The van der Waals surface area contributed by atoms with Gasteiger partial charge in [0.1, 0.15) is 0 Å². The van der Waals surface area contributed by atoms with E-state index in [4.69, 9.17) is 9.47 Å². The molecule has 20 heavy (non-hydrogen) atoms. The van der Waals surface area contributed by atoms with Gasteiger partial charge in [-0.15, -0.1) is 0 Å². The zero-order valence-electron chi connectivity index (χ0n) is 12.1. The number of hydrogen-bond acceptors (Lipinski definition) is 3. The van der Waals surface area contributed by atoms with Crippen molar-refractivity contribution in [2.24, 2.45) is 0 Å². The zero-order valence-corrected chi connectivity index (χ0v) is 12.1. The molecule has 3 heteroatoms. The van der Waals surface area contributed by atoms with Crippen LogP contribution < -0.4 is 0 Å². The van der Waals surface area contributed by atoms with Crippen LogP contribution in [0, 0.1) is 0 Å². The minimum atomic E-state index is -0.621. The van der Waals surface area contributed by atoms with Gasteiger partial charge in [-0.3, -0.25) is 4.79 Å². The lowest BCUT2D eigenvalue weighted by Gasteiger charge is -2.23. The Kier molecular flexibility index (Phi) is 3.48. The van der Waals surface area contributed by atoms with Gasteiger partial charge in [-0.2, -0.15) is 0 Å². The van der Waals surface area contributed by atoms with Crippen LogP contribution in [0.4, 0.5) is 0 Å². The van der Waals surface area contributed by atoms with E-state index in [1.807, 2.05) is 26.0 Å². The normalized spacial score (nSPS) is 22.4. The Labute approximate surface area is 119 Å². The molecule has 0 saturated carbocycles. The van der Waals surface area contributed by atoms with Crippen molar-refractivity contribution in [3.8, 4) is 0 Å². The second-order valence-electron chi connectivity index (χ2n) is 5.60. The third-order valence-electron chi connectivity index (χ3n) is 4.30. The molecule has 0 N–H and O–H groups in total. The number of carbonyl (C=O) groups excluding carboxylic acids is 1. The molecule has 106 valence electrons. The van der Waals surface area contributed by atoms with Crippen molar-refractivity contribution < 1.29 is 14.3 Å². The molecule has 2 aliphatic rings. The molecule has 0 amide bonds. The number of benzene rings is 1. The summed E-state index contributed by atoms with van der Waals surface area (Å²) < 4.78 is 11.3. The molecular formula is C17H20O3. The highest BCUT2D eigenvalue weighted by molar-refractivity contribution is 6.03. The maximum absolute atomic E-state index is 11.8. The molecule has 0 bridgehead atoms. The number of hydrogen-bond donors (Lipinski definition) is 0. The monoisotopic (exact) mass is 272 g/mol. The van der Waals surface area contributed by atoms with Crippen LogP contribution in [0.2, 0.25) is 0 Å². The van der Waals surface area contributed by atoms with E-state index in [1.54, 1.807) is 0 Å². The predicted octanol–water partition coefficient (Wildman–Crippen LogP) is 3.43.